The zero-order valence-electron chi connectivity index (χ0n) is 7.22. The molecule has 0 aromatic heterocycles. The van der Waals surface area contributed by atoms with Gasteiger partial charge >= 0.3 is 5.97 Å². The first-order chi connectivity index (χ1) is 4.83. The van der Waals surface area contributed by atoms with Crippen LogP contribution in [-0.4, -0.2) is 16.7 Å². The molecule has 0 aliphatic heterocycles. The molecule has 0 spiro atoms. The summed E-state index contributed by atoms with van der Waals surface area (Å²) in [6, 6.07) is 0. The summed E-state index contributed by atoms with van der Waals surface area (Å²) in [6.45, 7) is 5.08. The summed E-state index contributed by atoms with van der Waals surface area (Å²) in [7, 11) is 0. The van der Waals surface area contributed by atoms with Crippen LogP contribution in [0.4, 0.5) is 4.39 Å². The van der Waals surface area contributed by atoms with Crippen molar-refractivity contribution in [2.24, 2.45) is 5.92 Å². The number of rotatable bonds is 4. The lowest BCUT2D eigenvalue weighted by molar-refractivity contribution is -0.140. The second kappa shape index (κ2) is 3.69. The van der Waals surface area contributed by atoms with Crippen LogP contribution < -0.4 is 0 Å². The highest BCUT2D eigenvalue weighted by atomic mass is 19.1. The third-order valence-corrected chi connectivity index (χ3v) is 1.35. The van der Waals surface area contributed by atoms with Crippen LogP contribution in [0.5, 0.6) is 0 Å². The fourth-order valence-electron chi connectivity index (χ4n) is 1.24. The monoisotopic (exact) mass is 162 g/mol. The van der Waals surface area contributed by atoms with Gasteiger partial charge in [-0.15, -0.1) is 0 Å². The number of carboxylic acids is 1. The molecule has 1 atom stereocenters. The van der Waals surface area contributed by atoms with Gasteiger partial charge in [0.1, 0.15) is 5.67 Å². The predicted molar refractivity (Wildman–Crippen MR) is 41.2 cm³/mol. The zero-order valence-corrected chi connectivity index (χ0v) is 7.22. The number of halogens is 1. The van der Waals surface area contributed by atoms with Crippen molar-refractivity contribution >= 4 is 5.97 Å². The molecule has 0 saturated carbocycles. The van der Waals surface area contributed by atoms with Crippen LogP contribution in [0.1, 0.15) is 33.6 Å². The standard InChI is InChI=1S/C8H15FO2/c1-6(2)4-8(3,9)5-7(10)11/h6H,4-5H2,1-3H3,(H,10,11). The van der Waals surface area contributed by atoms with Crippen molar-refractivity contribution in [3.05, 3.63) is 0 Å². The van der Waals surface area contributed by atoms with Crippen molar-refractivity contribution in [1.82, 2.24) is 0 Å². The number of aliphatic carboxylic acids is 1. The van der Waals surface area contributed by atoms with Gasteiger partial charge in [-0.1, -0.05) is 13.8 Å². The molecular weight excluding hydrogens is 147 g/mol. The summed E-state index contributed by atoms with van der Waals surface area (Å²) < 4.78 is 13.2. The Labute approximate surface area is 66.4 Å². The lowest BCUT2D eigenvalue weighted by Gasteiger charge is -2.19. The molecule has 0 aromatic carbocycles. The Balaban J connectivity index is 3.89. The molecule has 0 rings (SSSR count). The van der Waals surface area contributed by atoms with Gasteiger partial charge in [0, 0.05) is 0 Å². The average molecular weight is 162 g/mol. The van der Waals surface area contributed by atoms with E-state index in [9.17, 15) is 9.18 Å². The Morgan fingerprint density at radius 1 is 1.64 bits per heavy atom. The SMILES string of the molecule is CC(C)CC(C)(F)CC(=O)O. The van der Waals surface area contributed by atoms with Crippen molar-refractivity contribution in [3.8, 4) is 0 Å². The van der Waals surface area contributed by atoms with Gasteiger partial charge in [0.2, 0.25) is 0 Å². The minimum Gasteiger partial charge on any atom is -0.481 e. The van der Waals surface area contributed by atoms with E-state index in [4.69, 9.17) is 5.11 Å². The predicted octanol–water partition coefficient (Wildman–Crippen LogP) is 2.24. The van der Waals surface area contributed by atoms with E-state index in [2.05, 4.69) is 0 Å². The van der Waals surface area contributed by atoms with Gasteiger partial charge in [0.15, 0.2) is 0 Å². The summed E-state index contributed by atoms with van der Waals surface area (Å²) in [5.41, 5.74) is -1.56. The summed E-state index contributed by atoms with van der Waals surface area (Å²) in [6.07, 6.45) is -0.0928. The fraction of sp³-hybridized carbons (Fsp3) is 0.875. The second-order valence-electron chi connectivity index (χ2n) is 3.58. The van der Waals surface area contributed by atoms with Crippen LogP contribution in [0.25, 0.3) is 0 Å². The Hall–Kier alpha value is -0.600. The molecule has 0 aromatic rings. The maximum Gasteiger partial charge on any atom is 0.306 e. The highest BCUT2D eigenvalue weighted by Crippen LogP contribution is 2.24. The molecule has 0 aliphatic carbocycles. The summed E-state index contributed by atoms with van der Waals surface area (Å²) in [5.74, 6) is -0.875. The minimum atomic E-state index is -1.56. The first-order valence-corrected chi connectivity index (χ1v) is 3.74. The lowest BCUT2D eigenvalue weighted by atomic mass is 9.93. The summed E-state index contributed by atoms with van der Waals surface area (Å²) in [5, 5.41) is 8.32. The van der Waals surface area contributed by atoms with E-state index in [1.165, 1.54) is 6.92 Å². The second-order valence-corrected chi connectivity index (χ2v) is 3.58. The third-order valence-electron chi connectivity index (χ3n) is 1.35. The fourth-order valence-corrected chi connectivity index (χ4v) is 1.24. The van der Waals surface area contributed by atoms with Gasteiger partial charge in [-0.05, 0) is 19.3 Å². The molecule has 0 bridgehead atoms. The van der Waals surface area contributed by atoms with Crippen molar-refractivity contribution in [2.75, 3.05) is 0 Å². The molecule has 0 heterocycles. The molecule has 0 fully saturated rings. The lowest BCUT2D eigenvalue weighted by Crippen LogP contribution is -2.24. The molecule has 0 radical (unpaired) electrons. The van der Waals surface area contributed by atoms with Crippen molar-refractivity contribution < 1.29 is 14.3 Å². The van der Waals surface area contributed by atoms with E-state index in [1.807, 2.05) is 13.8 Å². The molecule has 0 amide bonds. The zero-order chi connectivity index (χ0) is 9.07. The minimum absolute atomic E-state index is 0.198. The van der Waals surface area contributed by atoms with Gasteiger partial charge in [-0.3, -0.25) is 4.79 Å². The van der Waals surface area contributed by atoms with E-state index in [0.29, 0.717) is 6.42 Å². The van der Waals surface area contributed by atoms with Gasteiger partial charge in [-0.2, -0.15) is 0 Å². The highest BCUT2D eigenvalue weighted by molar-refractivity contribution is 5.68. The normalized spacial score (nSPS) is 16.5. The third kappa shape index (κ3) is 5.83. The van der Waals surface area contributed by atoms with Crippen LogP contribution in [0.15, 0.2) is 0 Å². The quantitative estimate of drug-likeness (QED) is 0.688. The smallest absolute Gasteiger partial charge is 0.306 e. The number of hydrogen-bond acceptors (Lipinski definition) is 1. The maximum atomic E-state index is 13.2. The number of alkyl halides is 1. The topological polar surface area (TPSA) is 37.3 Å². The molecule has 2 nitrogen and oxygen atoms in total. The van der Waals surface area contributed by atoms with E-state index in [0.717, 1.165) is 0 Å². The van der Waals surface area contributed by atoms with Gasteiger partial charge in [0.05, 0.1) is 6.42 Å². The molecule has 0 saturated heterocycles. The first-order valence-electron chi connectivity index (χ1n) is 3.74. The Morgan fingerprint density at radius 3 is 2.36 bits per heavy atom. The number of hydrogen-bond donors (Lipinski definition) is 1. The highest BCUT2D eigenvalue weighted by Gasteiger charge is 2.27. The molecule has 3 heteroatoms. The molecule has 0 aliphatic rings. The van der Waals surface area contributed by atoms with Crippen LogP contribution in [0, 0.1) is 5.92 Å². The molecule has 1 unspecified atom stereocenters. The molecule has 1 N–H and O–H groups in total. The van der Waals surface area contributed by atoms with Crippen molar-refractivity contribution in [3.63, 3.8) is 0 Å². The van der Waals surface area contributed by atoms with Gasteiger partial charge in [0.25, 0.3) is 0 Å². The van der Waals surface area contributed by atoms with Crippen molar-refractivity contribution in [1.29, 1.82) is 0 Å². The van der Waals surface area contributed by atoms with E-state index in [-0.39, 0.29) is 5.92 Å². The van der Waals surface area contributed by atoms with E-state index in [1.54, 1.807) is 0 Å². The molecule has 66 valence electrons. The van der Waals surface area contributed by atoms with Crippen LogP contribution in [0.3, 0.4) is 0 Å². The maximum absolute atomic E-state index is 13.2. The Kier molecular flexibility index (Phi) is 3.49. The average Bonchev–Trinajstić information content (AvgIpc) is 1.53. The molecule has 11 heavy (non-hydrogen) atoms. The van der Waals surface area contributed by atoms with Gasteiger partial charge < -0.3 is 5.11 Å². The van der Waals surface area contributed by atoms with Crippen LogP contribution in [0.2, 0.25) is 0 Å². The Bertz CT molecular complexity index is 141. The van der Waals surface area contributed by atoms with Crippen LogP contribution in [-0.2, 0) is 4.79 Å². The van der Waals surface area contributed by atoms with Crippen molar-refractivity contribution in [2.45, 2.75) is 39.3 Å². The number of carboxylic acid groups (broad SMARTS) is 1. The summed E-state index contributed by atoms with van der Waals surface area (Å²) >= 11 is 0. The number of carbonyl (C=O) groups is 1. The summed E-state index contributed by atoms with van der Waals surface area (Å²) in [4.78, 5) is 10.2. The largest absolute Gasteiger partial charge is 0.481 e. The van der Waals surface area contributed by atoms with Gasteiger partial charge in [-0.25, -0.2) is 4.39 Å². The Morgan fingerprint density at radius 2 is 2.09 bits per heavy atom. The van der Waals surface area contributed by atoms with E-state index >= 15 is 0 Å². The van der Waals surface area contributed by atoms with Crippen LogP contribution >= 0.6 is 0 Å². The molecular formula is C8H15FO2. The first kappa shape index (κ1) is 10.4. The van der Waals surface area contributed by atoms with E-state index < -0.39 is 18.1 Å².